The Hall–Kier alpha value is -1.88. The fourth-order valence-corrected chi connectivity index (χ4v) is 4.89. The van der Waals surface area contributed by atoms with Gasteiger partial charge in [-0.25, -0.2) is 0 Å². The lowest BCUT2D eigenvalue weighted by molar-refractivity contribution is -0.161. The number of esters is 2. The molecule has 0 spiro atoms. The van der Waals surface area contributed by atoms with Gasteiger partial charge in [-0.3, -0.25) is 9.59 Å². The Morgan fingerprint density at radius 1 is 0.535 bits per heavy atom. The molecular weight excluding hydrogens is 536 g/mol. The van der Waals surface area contributed by atoms with Crippen LogP contribution in [0.3, 0.4) is 0 Å². The molecule has 1 unspecified atom stereocenters. The van der Waals surface area contributed by atoms with E-state index in [9.17, 15) is 14.7 Å². The standard InChI is InChI=1S/C38H68O5/c1-3-5-7-9-11-13-15-17-18-19-21-23-25-27-29-31-33-38(41)43-36(34-39)35-42-37(40)32-30-28-26-24-22-20-16-14-12-10-8-6-4-2/h18-20,22,26,28,36,39H,3-17,21,23-25,27,29-35H2,1-2H3/b19-18+,22-20+,28-26+. The monoisotopic (exact) mass is 605 g/mol. The molecule has 0 fully saturated rings. The van der Waals surface area contributed by atoms with Crippen LogP contribution in [0.2, 0.25) is 0 Å². The minimum atomic E-state index is -0.795. The highest BCUT2D eigenvalue weighted by Crippen LogP contribution is 2.12. The van der Waals surface area contributed by atoms with Crippen LogP contribution in [-0.4, -0.2) is 36.4 Å². The van der Waals surface area contributed by atoms with Gasteiger partial charge in [-0.1, -0.05) is 140 Å². The van der Waals surface area contributed by atoms with Gasteiger partial charge in [0.15, 0.2) is 6.10 Å². The topological polar surface area (TPSA) is 72.8 Å². The minimum Gasteiger partial charge on any atom is -0.462 e. The molecule has 0 rings (SSSR count). The van der Waals surface area contributed by atoms with E-state index in [0.717, 1.165) is 38.5 Å². The number of allylic oxidation sites excluding steroid dienone is 6. The molecule has 0 aromatic carbocycles. The van der Waals surface area contributed by atoms with Crippen LogP contribution in [0, 0.1) is 0 Å². The van der Waals surface area contributed by atoms with Crippen molar-refractivity contribution < 1.29 is 24.2 Å². The first-order chi connectivity index (χ1) is 21.1. The van der Waals surface area contributed by atoms with Gasteiger partial charge in [-0.05, 0) is 57.8 Å². The molecule has 0 saturated heterocycles. The predicted octanol–water partition coefficient (Wildman–Crippen LogP) is 10.9. The van der Waals surface area contributed by atoms with E-state index in [1.54, 1.807) is 0 Å². The van der Waals surface area contributed by atoms with Crippen molar-refractivity contribution >= 4 is 11.9 Å². The molecule has 5 heteroatoms. The highest BCUT2D eigenvalue weighted by atomic mass is 16.6. The first-order valence-electron chi connectivity index (χ1n) is 18.0. The lowest BCUT2D eigenvalue weighted by Crippen LogP contribution is -2.28. The molecule has 0 bridgehead atoms. The molecule has 0 aliphatic heterocycles. The van der Waals surface area contributed by atoms with Crippen molar-refractivity contribution in [2.45, 2.75) is 180 Å². The van der Waals surface area contributed by atoms with Gasteiger partial charge in [-0.15, -0.1) is 0 Å². The molecule has 0 aliphatic rings. The van der Waals surface area contributed by atoms with E-state index in [1.807, 2.05) is 6.08 Å². The average molecular weight is 605 g/mol. The maximum Gasteiger partial charge on any atom is 0.306 e. The molecule has 1 atom stereocenters. The molecule has 0 heterocycles. The van der Waals surface area contributed by atoms with Gasteiger partial charge in [0.25, 0.3) is 0 Å². The van der Waals surface area contributed by atoms with Gasteiger partial charge < -0.3 is 14.6 Å². The van der Waals surface area contributed by atoms with Crippen molar-refractivity contribution in [3.63, 3.8) is 0 Å². The van der Waals surface area contributed by atoms with E-state index in [2.05, 4.69) is 44.2 Å². The van der Waals surface area contributed by atoms with Gasteiger partial charge in [0.2, 0.25) is 0 Å². The van der Waals surface area contributed by atoms with Crippen LogP contribution in [0.15, 0.2) is 36.5 Å². The van der Waals surface area contributed by atoms with Crippen LogP contribution >= 0.6 is 0 Å². The summed E-state index contributed by atoms with van der Waals surface area (Å²) in [4.78, 5) is 24.1. The highest BCUT2D eigenvalue weighted by molar-refractivity contribution is 5.70. The summed E-state index contributed by atoms with van der Waals surface area (Å²) in [5.41, 5.74) is 0. The fourth-order valence-electron chi connectivity index (χ4n) is 4.89. The zero-order chi connectivity index (χ0) is 31.5. The maximum atomic E-state index is 12.1. The van der Waals surface area contributed by atoms with Gasteiger partial charge in [-0.2, -0.15) is 0 Å². The Bertz CT molecular complexity index is 696. The van der Waals surface area contributed by atoms with Gasteiger partial charge in [0.1, 0.15) is 6.61 Å². The minimum absolute atomic E-state index is 0.0988. The summed E-state index contributed by atoms with van der Waals surface area (Å²) < 4.78 is 10.5. The quantitative estimate of drug-likeness (QED) is 0.0470. The Kier molecular flexibility index (Phi) is 33.1. The normalized spacial score (nSPS) is 12.5. The van der Waals surface area contributed by atoms with E-state index >= 15 is 0 Å². The number of carbonyl (C=O) groups is 2. The number of unbranched alkanes of at least 4 members (excludes halogenated alkanes) is 18. The number of hydrogen-bond donors (Lipinski definition) is 1. The molecule has 43 heavy (non-hydrogen) atoms. The number of aliphatic hydroxyl groups is 1. The summed E-state index contributed by atoms with van der Waals surface area (Å²) in [6.07, 6.45) is 40.7. The van der Waals surface area contributed by atoms with Crippen LogP contribution < -0.4 is 0 Å². The van der Waals surface area contributed by atoms with Gasteiger partial charge >= 0.3 is 11.9 Å². The molecule has 0 aromatic rings. The zero-order valence-electron chi connectivity index (χ0n) is 28.2. The summed E-state index contributed by atoms with van der Waals surface area (Å²) >= 11 is 0. The summed E-state index contributed by atoms with van der Waals surface area (Å²) in [6.45, 7) is 4.06. The van der Waals surface area contributed by atoms with Crippen molar-refractivity contribution in [2.75, 3.05) is 13.2 Å². The second kappa shape index (κ2) is 34.6. The Morgan fingerprint density at radius 2 is 0.977 bits per heavy atom. The van der Waals surface area contributed by atoms with E-state index in [-0.39, 0.29) is 31.6 Å². The number of aliphatic hydroxyl groups excluding tert-OH is 1. The molecule has 0 aromatic heterocycles. The zero-order valence-corrected chi connectivity index (χ0v) is 28.2. The number of carbonyl (C=O) groups excluding carboxylic acids is 2. The van der Waals surface area contributed by atoms with Crippen molar-refractivity contribution in [1.29, 1.82) is 0 Å². The Labute approximate surface area is 266 Å². The molecule has 1 N–H and O–H groups in total. The highest BCUT2D eigenvalue weighted by Gasteiger charge is 2.15. The number of ether oxygens (including phenoxy) is 2. The molecule has 5 nitrogen and oxygen atoms in total. The third-order valence-electron chi connectivity index (χ3n) is 7.67. The van der Waals surface area contributed by atoms with Gasteiger partial charge in [0.05, 0.1) is 6.61 Å². The molecular formula is C38H68O5. The molecule has 0 radical (unpaired) electrons. The Morgan fingerprint density at radius 3 is 1.49 bits per heavy atom. The Balaban J connectivity index is 3.65. The maximum absolute atomic E-state index is 12.1. The van der Waals surface area contributed by atoms with Crippen LogP contribution in [0.1, 0.15) is 174 Å². The fraction of sp³-hybridized carbons (Fsp3) is 0.789. The summed E-state index contributed by atoms with van der Waals surface area (Å²) in [5, 5.41) is 9.51. The van der Waals surface area contributed by atoms with Crippen LogP contribution in [0.5, 0.6) is 0 Å². The lowest BCUT2D eigenvalue weighted by Gasteiger charge is -2.15. The van der Waals surface area contributed by atoms with Crippen LogP contribution in [0.4, 0.5) is 0 Å². The van der Waals surface area contributed by atoms with Gasteiger partial charge in [0, 0.05) is 12.8 Å². The number of rotatable bonds is 32. The van der Waals surface area contributed by atoms with E-state index in [1.165, 1.54) is 103 Å². The molecule has 0 amide bonds. The molecule has 0 aliphatic carbocycles. The third-order valence-corrected chi connectivity index (χ3v) is 7.67. The summed E-state index contributed by atoms with van der Waals surface area (Å²) in [5.74, 6) is -0.679. The average Bonchev–Trinajstić information content (AvgIpc) is 3.01. The number of hydrogen-bond acceptors (Lipinski definition) is 5. The van der Waals surface area contributed by atoms with Crippen molar-refractivity contribution in [3.05, 3.63) is 36.5 Å². The molecule has 0 saturated carbocycles. The SMILES string of the molecule is CCCCCCCC/C=C/C/C=C/CCC(=O)OCC(CO)OC(=O)CCCCCCC/C=C/CCCCCCCCC. The van der Waals surface area contributed by atoms with Crippen molar-refractivity contribution in [3.8, 4) is 0 Å². The second-order valence-electron chi connectivity index (χ2n) is 11.9. The smallest absolute Gasteiger partial charge is 0.306 e. The summed E-state index contributed by atoms with van der Waals surface area (Å²) in [7, 11) is 0. The van der Waals surface area contributed by atoms with Crippen molar-refractivity contribution in [1.82, 2.24) is 0 Å². The van der Waals surface area contributed by atoms with Crippen LogP contribution in [-0.2, 0) is 19.1 Å². The first-order valence-corrected chi connectivity index (χ1v) is 18.0. The first kappa shape index (κ1) is 41.1. The van der Waals surface area contributed by atoms with Crippen LogP contribution in [0.25, 0.3) is 0 Å². The third kappa shape index (κ3) is 32.9. The van der Waals surface area contributed by atoms with E-state index < -0.39 is 6.10 Å². The molecule has 250 valence electrons. The predicted molar refractivity (Wildman–Crippen MR) is 182 cm³/mol. The van der Waals surface area contributed by atoms with Crippen molar-refractivity contribution in [2.24, 2.45) is 0 Å². The largest absolute Gasteiger partial charge is 0.462 e. The van der Waals surface area contributed by atoms with E-state index in [0.29, 0.717) is 12.8 Å². The summed E-state index contributed by atoms with van der Waals surface area (Å²) in [6, 6.07) is 0. The van der Waals surface area contributed by atoms with E-state index in [4.69, 9.17) is 9.47 Å². The second-order valence-corrected chi connectivity index (χ2v) is 11.9. The lowest BCUT2D eigenvalue weighted by atomic mass is 10.1.